The van der Waals surface area contributed by atoms with Gasteiger partial charge < -0.3 is 9.47 Å². The van der Waals surface area contributed by atoms with Crippen molar-refractivity contribution in [1.29, 1.82) is 5.26 Å². The van der Waals surface area contributed by atoms with Crippen LogP contribution in [-0.2, 0) is 11.5 Å². The molecule has 0 spiro atoms. The highest BCUT2D eigenvalue weighted by Gasteiger charge is 2.13. The molecule has 0 N–H and O–H groups in total. The maximum atomic E-state index is 8.82. The quantitative estimate of drug-likeness (QED) is 0.565. The summed E-state index contributed by atoms with van der Waals surface area (Å²) in [5.41, 5.74) is 1.48. The molecule has 0 atom stereocenters. The van der Waals surface area contributed by atoms with Gasteiger partial charge in [-0.05, 0) is 37.2 Å². The van der Waals surface area contributed by atoms with Crippen molar-refractivity contribution in [2.75, 3.05) is 6.61 Å². The van der Waals surface area contributed by atoms with Crippen molar-refractivity contribution in [3.05, 3.63) is 41.7 Å². The lowest BCUT2D eigenvalue weighted by Gasteiger charge is -2.16. The second-order valence-corrected chi connectivity index (χ2v) is 12.3. The van der Waals surface area contributed by atoms with Crippen molar-refractivity contribution in [1.82, 2.24) is 9.55 Å². The lowest BCUT2D eigenvalue weighted by atomic mass is 10.2. The molecule has 0 aliphatic heterocycles. The Labute approximate surface area is 138 Å². The van der Waals surface area contributed by atoms with Gasteiger partial charge in [0.2, 0.25) is 0 Å². The van der Waals surface area contributed by atoms with E-state index in [1.54, 1.807) is 24.3 Å². The summed E-state index contributed by atoms with van der Waals surface area (Å²) in [6.45, 7) is 10.1. The van der Waals surface area contributed by atoms with E-state index in [1.807, 2.05) is 17.7 Å². The normalized spacial score (nSPS) is 11.3. The molecule has 23 heavy (non-hydrogen) atoms. The zero-order chi connectivity index (χ0) is 16.9. The molecule has 0 saturated carbocycles. The van der Waals surface area contributed by atoms with Gasteiger partial charge >= 0.3 is 6.01 Å². The molecule has 1 aromatic heterocycles. The number of aromatic nitrogens is 2. The summed E-state index contributed by atoms with van der Waals surface area (Å²) in [6, 6.07) is 10.7. The molecule has 122 valence electrons. The Balaban J connectivity index is 1.98. The van der Waals surface area contributed by atoms with Crippen LogP contribution in [0.3, 0.4) is 0 Å². The largest absolute Gasteiger partial charge is 0.425 e. The van der Waals surface area contributed by atoms with E-state index in [0.29, 0.717) is 24.1 Å². The third-order valence-corrected chi connectivity index (χ3v) is 4.98. The van der Waals surface area contributed by atoms with Gasteiger partial charge in [-0.25, -0.2) is 4.98 Å². The van der Waals surface area contributed by atoms with Crippen molar-refractivity contribution in [3.63, 3.8) is 0 Å². The number of imidazole rings is 1. The van der Waals surface area contributed by atoms with Crippen LogP contribution in [0.25, 0.3) is 0 Å². The van der Waals surface area contributed by atoms with E-state index in [4.69, 9.17) is 14.7 Å². The van der Waals surface area contributed by atoms with Crippen LogP contribution in [0.15, 0.2) is 30.5 Å². The van der Waals surface area contributed by atoms with Crippen molar-refractivity contribution < 1.29 is 9.47 Å². The van der Waals surface area contributed by atoms with Gasteiger partial charge in [-0.1, -0.05) is 19.6 Å². The molecule has 0 aliphatic carbocycles. The van der Waals surface area contributed by atoms with Gasteiger partial charge in [0.25, 0.3) is 0 Å². The monoisotopic (exact) mass is 329 g/mol. The van der Waals surface area contributed by atoms with Crippen LogP contribution in [0.2, 0.25) is 25.7 Å². The molecule has 0 saturated heterocycles. The fraction of sp³-hybridized carbons (Fsp3) is 0.412. The Morgan fingerprint density at radius 3 is 2.52 bits per heavy atom. The van der Waals surface area contributed by atoms with Gasteiger partial charge in [0, 0.05) is 20.9 Å². The van der Waals surface area contributed by atoms with Crippen molar-refractivity contribution in [2.45, 2.75) is 39.3 Å². The highest BCUT2D eigenvalue weighted by molar-refractivity contribution is 6.76. The van der Waals surface area contributed by atoms with Gasteiger partial charge in [0.15, 0.2) is 0 Å². The molecule has 5 nitrogen and oxygen atoms in total. The number of nitriles is 1. The average molecular weight is 329 g/mol. The van der Waals surface area contributed by atoms with Crippen LogP contribution in [0.1, 0.15) is 11.3 Å². The maximum Gasteiger partial charge on any atom is 0.304 e. The van der Waals surface area contributed by atoms with Crippen LogP contribution in [0.4, 0.5) is 0 Å². The third-order valence-electron chi connectivity index (χ3n) is 3.28. The van der Waals surface area contributed by atoms with Gasteiger partial charge in [-0.15, -0.1) is 0 Å². The summed E-state index contributed by atoms with van der Waals surface area (Å²) in [5.74, 6) is 0.651. The molecule has 6 heteroatoms. The molecule has 0 aliphatic rings. The number of hydrogen-bond acceptors (Lipinski definition) is 4. The summed E-state index contributed by atoms with van der Waals surface area (Å²) >= 11 is 0. The first-order valence-electron chi connectivity index (χ1n) is 7.67. The first kappa shape index (κ1) is 17.3. The van der Waals surface area contributed by atoms with Crippen molar-refractivity contribution >= 4 is 8.07 Å². The molecule has 2 rings (SSSR count). The Kier molecular flexibility index (Phi) is 5.58. The molecule has 0 radical (unpaired) electrons. The molecule has 2 aromatic rings. The van der Waals surface area contributed by atoms with E-state index < -0.39 is 8.07 Å². The molecular weight excluding hydrogens is 306 g/mol. The van der Waals surface area contributed by atoms with Gasteiger partial charge in [0.1, 0.15) is 12.5 Å². The number of aryl methyl sites for hydroxylation is 1. The second-order valence-electron chi connectivity index (χ2n) is 6.72. The standard InChI is InChI=1S/C17H23N3O2Si/c1-14-12-20(13-21-9-10-23(2,3)4)17(19-14)22-16-7-5-15(11-18)6-8-16/h5-8,12H,9-10,13H2,1-4H3. The van der Waals surface area contributed by atoms with E-state index in [0.717, 1.165) is 18.3 Å². The van der Waals surface area contributed by atoms with E-state index in [2.05, 4.69) is 30.7 Å². The fourth-order valence-electron chi connectivity index (χ4n) is 1.94. The molecule has 0 bridgehead atoms. The molecule has 1 aromatic carbocycles. The summed E-state index contributed by atoms with van der Waals surface area (Å²) in [4.78, 5) is 4.38. The zero-order valence-corrected chi connectivity index (χ0v) is 15.2. The lowest BCUT2D eigenvalue weighted by molar-refractivity contribution is 0.0821. The minimum absolute atomic E-state index is 0.428. The molecule has 0 unspecified atom stereocenters. The van der Waals surface area contributed by atoms with Crippen LogP contribution in [0, 0.1) is 18.3 Å². The molecule has 0 amide bonds. The van der Waals surface area contributed by atoms with Crippen LogP contribution in [-0.4, -0.2) is 24.2 Å². The predicted molar refractivity (Wildman–Crippen MR) is 92.3 cm³/mol. The summed E-state index contributed by atoms with van der Waals surface area (Å²) in [6.07, 6.45) is 1.91. The Morgan fingerprint density at radius 2 is 1.91 bits per heavy atom. The molecule has 1 heterocycles. The van der Waals surface area contributed by atoms with E-state index >= 15 is 0 Å². The minimum atomic E-state index is -1.08. The number of ether oxygens (including phenoxy) is 2. The van der Waals surface area contributed by atoms with E-state index in [-0.39, 0.29) is 0 Å². The van der Waals surface area contributed by atoms with Gasteiger partial charge in [-0.3, -0.25) is 4.57 Å². The smallest absolute Gasteiger partial charge is 0.304 e. The Hall–Kier alpha value is -2.10. The highest BCUT2D eigenvalue weighted by Crippen LogP contribution is 2.21. The van der Waals surface area contributed by atoms with E-state index in [1.165, 1.54) is 0 Å². The number of benzene rings is 1. The maximum absolute atomic E-state index is 8.82. The summed E-state index contributed by atoms with van der Waals surface area (Å²) in [7, 11) is -1.08. The first-order chi connectivity index (χ1) is 10.9. The highest BCUT2D eigenvalue weighted by atomic mass is 28.3. The molecule has 0 fully saturated rings. The van der Waals surface area contributed by atoms with E-state index in [9.17, 15) is 0 Å². The van der Waals surface area contributed by atoms with Crippen molar-refractivity contribution in [3.8, 4) is 17.8 Å². The van der Waals surface area contributed by atoms with Crippen LogP contribution in [0.5, 0.6) is 11.8 Å². The SMILES string of the molecule is Cc1cn(COCC[Si](C)(C)C)c(Oc2ccc(C#N)cc2)n1. The minimum Gasteiger partial charge on any atom is -0.425 e. The predicted octanol–water partition coefficient (Wildman–Crippen LogP) is 4.17. The van der Waals surface area contributed by atoms with Gasteiger partial charge in [-0.2, -0.15) is 5.26 Å². The lowest BCUT2D eigenvalue weighted by Crippen LogP contribution is -2.22. The Bertz CT molecular complexity index is 681. The average Bonchev–Trinajstić information content (AvgIpc) is 2.83. The number of nitrogens with zero attached hydrogens (tertiary/aromatic N) is 3. The Morgan fingerprint density at radius 1 is 1.22 bits per heavy atom. The molecular formula is C17H23N3O2Si. The number of rotatable bonds is 7. The zero-order valence-electron chi connectivity index (χ0n) is 14.2. The van der Waals surface area contributed by atoms with Crippen LogP contribution < -0.4 is 4.74 Å². The first-order valence-corrected chi connectivity index (χ1v) is 11.4. The summed E-state index contributed by atoms with van der Waals surface area (Å²) < 4.78 is 13.4. The van der Waals surface area contributed by atoms with Crippen LogP contribution >= 0.6 is 0 Å². The van der Waals surface area contributed by atoms with Gasteiger partial charge in [0.05, 0.1) is 17.3 Å². The number of hydrogen-bond donors (Lipinski definition) is 0. The topological polar surface area (TPSA) is 60.1 Å². The van der Waals surface area contributed by atoms with Crippen molar-refractivity contribution in [2.24, 2.45) is 0 Å². The summed E-state index contributed by atoms with van der Waals surface area (Å²) in [5, 5.41) is 8.82. The third kappa shape index (κ3) is 5.55. The second kappa shape index (κ2) is 7.44. The fourth-order valence-corrected chi connectivity index (χ4v) is 2.70.